The number of anilines is 1. The maximum atomic E-state index is 13.3. The van der Waals surface area contributed by atoms with E-state index in [9.17, 15) is 36.2 Å². The van der Waals surface area contributed by atoms with Crippen LogP contribution in [0.5, 0.6) is 5.75 Å². The lowest BCUT2D eigenvalue weighted by Crippen LogP contribution is -2.14. The van der Waals surface area contributed by atoms with Gasteiger partial charge in [0, 0.05) is 21.5 Å². The molecule has 1 heterocycles. The normalized spacial score (nSPS) is 12.0. The number of carbonyl (C=O) groups is 1. The molecule has 0 saturated heterocycles. The smallest absolute Gasteiger partial charge is 0.416 e. The minimum Gasteiger partial charge on any atom is -0.507 e. The number of amides is 1. The molecule has 0 radical (unpaired) electrons. The van der Waals surface area contributed by atoms with Crippen LogP contribution >= 0.6 is 22.9 Å². The van der Waals surface area contributed by atoms with Gasteiger partial charge in [-0.05, 0) is 53.6 Å². The van der Waals surface area contributed by atoms with Gasteiger partial charge in [-0.25, -0.2) is 4.98 Å². The highest BCUT2D eigenvalue weighted by atomic mass is 35.5. The Bertz CT molecular complexity index is 1420. The summed E-state index contributed by atoms with van der Waals surface area (Å²) < 4.78 is 79.9. The number of thiazole rings is 1. The molecule has 4 rings (SSSR count). The number of rotatable bonds is 4. The van der Waals surface area contributed by atoms with E-state index in [1.165, 1.54) is 47.8 Å². The van der Waals surface area contributed by atoms with Crippen LogP contribution in [-0.2, 0) is 12.4 Å². The molecule has 0 bridgehead atoms. The van der Waals surface area contributed by atoms with Gasteiger partial charge in [0.25, 0.3) is 5.91 Å². The summed E-state index contributed by atoms with van der Waals surface area (Å²) in [6.45, 7) is 0. The number of nitrogens with zero attached hydrogens (tertiary/aromatic N) is 1. The number of nitrogens with one attached hydrogen (secondary N) is 1. The summed E-state index contributed by atoms with van der Waals surface area (Å²) in [5.74, 6) is -0.897. The minimum absolute atomic E-state index is 0.0224. The Morgan fingerprint density at radius 2 is 1.53 bits per heavy atom. The monoisotopic (exact) mass is 542 g/mol. The van der Waals surface area contributed by atoms with Gasteiger partial charge in [0.1, 0.15) is 5.75 Å². The van der Waals surface area contributed by atoms with Gasteiger partial charge < -0.3 is 5.11 Å². The van der Waals surface area contributed by atoms with Crippen molar-refractivity contribution in [2.45, 2.75) is 12.4 Å². The van der Waals surface area contributed by atoms with Crippen LogP contribution in [0.2, 0.25) is 5.02 Å². The molecule has 0 unspecified atom stereocenters. The summed E-state index contributed by atoms with van der Waals surface area (Å²) in [6, 6.07) is 10.8. The fraction of sp³-hybridized carbons (Fsp3) is 0.0833. The van der Waals surface area contributed by atoms with Gasteiger partial charge in [-0.1, -0.05) is 29.8 Å². The summed E-state index contributed by atoms with van der Waals surface area (Å²) in [4.78, 5) is 17.2. The largest absolute Gasteiger partial charge is 0.507 e. The number of alkyl halides is 6. The first kappa shape index (κ1) is 25.5. The predicted octanol–water partition coefficient (Wildman–Crippen LogP) is 8.13. The van der Waals surface area contributed by atoms with Crippen molar-refractivity contribution in [2.24, 2.45) is 0 Å². The van der Waals surface area contributed by atoms with Crippen molar-refractivity contribution < 1.29 is 36.2 Å². The van der Waals surface area contributed by atoms with Crippen LogP contribution in [0.3, 0.4) is 0 Å². The summed E-state index contributed by atoms with van der Waals surface area (Å²) in [5, 5.41) is 14.5. The van der Waals surface area contributed by atoms with Gasteiger partial charge in [0.15, 0.2) is 5.13 Å². The Labute approximate surface area is 208 Å². The maximum absolute atomic E-state index is 13.3. The number of hydrogen-bond acceptors (Lipinski definition) is 4. The second-order valence-electron chi connectivity index (χ2n) is 7.49. The Hall–Kier alpha value is -3.57. The van der Waals surface area contributed by atoms with Gasteiger partial charge in [-0.15, -0.1) is 11.3 Å². The molecule has 4 nitrogen and oxygen atoms in total. The quantitative estimate of drug-likeness (QED) is 0.256. The first-order valence-electron chi connectivity index (χ1n) is 9.97. The van der Waals surface area contributed by atoms with E-state index in [0.29, 0.717) is 28.4 Å². The molecule has 4 aromatic rings. The van der Waals surface area contributed by atoms with Gasteiger partial charge in [-0.2, -0.15) is 26.3 Å². The second kappa shape index (κ2) is 9.47. The van der Waals surface area contributed by atoms with E-state index < -0.39 is 35.0 Å². The zero-order valence-corrected chi connectivity index (χ0v) is 19.3. The molecule has 0 spiro atoms. The summed E-state index contributed by atoms with van der Waals surface area (Å²) in [6.07, 6.45) is -10.1. The molecule has 0 fully saturated rings. The number of aromatic hydroxyl groups is 1. The van der Waals surface area contributed by atoms with Crippen molar-refractivity contribution in [2.75, 3.05) is 5.32 Å². The number of aromatic nitrogens is 1. The molecule has 3 aromatic carbocycles. The standard InChI is InChI=1S/C24H13ClF6N2O2S/c25-15-5-6-20(34)18(10-15)19-11-36-22(32-19)33-21(35)17-4-2-1-3-16(17)12-7-13(23(26,27)28)9-14(8-12)24(29,30)31/h1-11,34H,(H,32,33,35). The van der Waals surface area contributed by atoms with Gasteiger partial charge in [0.2, 0.25) is 0 Å². The van der Waals surface area contributed by atoms with Crippen molar-refractivity contribution >= 4 is 34.0 Å². The van der Waals surface area contributed by atoms with Gasteiger partial charge in [-0.3, -0.25) is 10.1 Å². The lowest BCUT2D eigenvalue weighted by atomic mass is 9.95. The van der Waals surface area contributed by atoms with Crippen molar-refractivity contribution in [1.82, 2.24) is 4.98 Å². The number of carbonyl (C=O) groups excluding carboxylic acids is 1. The summed E-state index contributed by atoms with van der Waals surface area (Å²) in [5.41, 5.74) is -3.09. The number of benzene rings is 3. The van der Waals surface area contributed by atoms with E-state index in [2.05, 4.69) is 10.3 Å². The van der Waals surface area contributed by atoms with E-state index in [1.807, 2.05) is 0 Å². The summed E-state index contributed by atoms with van der Waals surface area (Å²) in [7, 11) is 0. The van der Waals surface area contributed by atoms with E-state index in [1.54, 1.807) is 0 Å². The third-order valence-corrected chi connectivity index (χ3v) is 6.02. The van der Waals surface area contributed by atoms with Gasteiger partial charge in [0.05, 0.1) is 16.8 Å². The number of halogens is 7. The molecule has 0 aliphatic rings. The minimum atomic E-state index is -5.03. The number of phenols is 1. The van der Waals surface area contributed by atoms with Crippen LogP contribution in [0.1, 0.15) is 21.5 Å². The fourth-order valence-electron chi connectivity index (χ4n) is 3.38. The average molecular weight is 543 g/mol. The number of phenolic OH excluding ortho intramolecular Hbond substituents is 1. The lowest BCUT2D eigenvalue weighted by Gasteiger charge is -2.16. The molecule has 0 saturated carbocycles. The molecule has 1 amide bonds. The van der Waals surface area contributed by atoms with E-state index >= 15 is 0 Å². The average Bonchev–Trinajstić information content (AvgIpc) is 3.27. The SMILES string of the molecule is O=C(Nc1nc(-c2cc(Cl)ccc2O)cs1)c1ccccc1-c1cc(C(F)(F)F)cc(C(F)(F)F)c1. The molecule has 186 valence electrons. The topological polar surface area (TPSA) is 62.2 Å². The van der Waals surface area contributed by atoms with Crippen molar-refractivity contribution in [3.8, 4) is 28.1 Å². The van der Waals surface area contributed by atoms with Crippen molar-refractivity contribution in [1.29, 1.82) is 0 Å². The molecule has 0 aliphatic carbocycles. The Morgan fingerprint density at radius 1 is 0.889 bits per heavy atom. The lowest BCUT2D eigenvalue weighted by molar-refractivity contribution is -0.143. The molecule has 12 heteroatoms. The van der Waals surface area contributed by atoms with E-state index in [-0.39, 0.29) is 28.1 Å². The fourth-order valence-corrected chi connectivity index (χ4v) is 4.25. The van der Waals surface area contributed by atoms with E-state index in [4.69, 9.17) is 11.6 Å². The van der Waals surface area contributed by atoms with Crippen LogP contribution in [-0.4, -0.2) is 16.0 Å². The highest BCUT2D eigenvalue weighted by Gasteiger charge is 2.37. The van der Waals surface area contributed by atoms with Crippen LogP contribution in [0.25, 0.3) is 22.4 Å². The molecular formula is C24H13ClF6N2O2S. The molecule has 1 aromatic heterocycles. The zero-order chi connectivity index (χ0) is 26.3. The van der Waals surface area contributed by atoms with Crippen LogP contribution in [0.15, 0.2) is 66.0 Å². The number of hydrogen-bond donors (Lipinski definition) is 2. The Morgan fingerprint density at radius 3 is 2.17 bits per heavy atom. The van der Waals surface area contributed by atoms with Crippen molar-refractivity contribution in [3.63, 3.8) is 0 Å². The van der Waals surface area contributed by atoms with Crippen LogP contribution < -0.4 is 5.32 Å². The highest BCUT2D eigenvalue weighted by Crippen LogP contribution is 2.39. The van der Waals surface area contributed by atoms with Crippen LogP contribution in [0.4, 0.5) is 31.5 Å². The predicted molar refractivity (Wildman–Crippen MR) is 124 cm³/mol. The van der Waals surface area contributed by atoms with Gasteiger partial charge >= 0.3 is 12.4 Å². The van der Waals surface area contributed by atoms with Crippen molar-refractivity contribution in [3.05, 3.63) is 87.8 Å². The Balaban J connectivity index is 1.70. The molecule has 0 aliphatic heterocycles. The molecule has 2 N–H and O–H groups in total. The molecular weight excluding hydrogens is 530 g/mol. The maximum Gasteiger partial charge on any atom is 0.416 e. The Kier molecular flexibility index (Phi) is 6.72. The molecule has 36 heavy (non-hydrogen) atoms. The first-order valence-corrected chi connectivity index (χ1v) is 11.2. The molecule has 0 atom stereocenters. The third-order valence-electron chi connectivity index (χ3n) is 5.03. The van der Waals surface area contributed by atoms with E-state index in [0.717, 1.165) is 11.3 Å². The highest BCUT2D eigenvalue weighted by molar-refractivity contribution is 7.14. The second-order valence-corrected chi connectivity index (χ2v) is 8.79. The first-order chi connectivity index (χ1) is 16.8. The zero-order valence-electron chi connectivity index (χ0n) is 17.7. The van der Waals surface area contributed by atoms with Crippen LogP contribution in [0, 0.1) is 0 Å². The summed E-state index contributed by atoms with van der Waals surface area (Å²) >= 11 is 6.95. The third kappa shape index (κ3) is 5.47.